The molecule has 0 aromatic heterocycles. The molecule has 0 aliphatic rings. The Morgan fingerprint density at radius 2 is 2.14 bits per heavy atom. The number of halogens is 1. The molecule has 0 saturated carbocycles. The lowest BCUT2D eigenvalue weighted by Gasteiger charge is -2.12. The number of hydrogen-bond donors (Lipinski definition) is 4. The van der Waals surface area contributed by atoms with Crippen LogP contribution >= 0.6 is 11.6 Å². The molecule has 116 valence electrons. The summed E-state index contributed by atoms with van der Waals surface area (Å²) >= 11 is 5.82. The third-order valence-corrected chi connectivity index (χ3v) is 2.68. The number of urea groups is 1. The summed E-state index contributed by atoms with van der Waals surface area (Å²) in [7, 11) is 0. The first-order valence-electron chi connectivity index (χ1n) is 6.39. The molecule has 0 aliphatic carbocycles. The Hall–Kier alpha value is -1.99. The molecule has 8 heteroatoms. The molecule has 21 heavy (non-hydrogen) atoms. The van der Waals surface area contributed by atoms with Gasteiger partial charge in [0, 0.05) is 18.2 Å². The summed E-state index contributed by atoms with van der Waals surface area (Å²) in [5.74, 6) is 0.197. The average molecular weight is 316 g/mol. The molecule has 3 amide bonds. The van der Waals surface area contributed by atoms with E-state index in [-0.39, 0.29) is 25.5 Å². The van der Waals surface area contributed by atoms with Crippen molar-refractivity contribution in [2.24, 2.45) is 5.73 Å². The number of ether oxygens (including phenoxy) is 1. The van der Waals surface area contributed by atoms with Crippen LogP contribution in [0.1, 0.15) is 12.8 Å². The van der Waals surface area contributed by atoms with Gasteiger partial charge in [-0.1, -0.05) is 11.6 Å². The van der Waals surface area contributed by atoms with Gasteiger partial charge in [0.25, 0.3) is 0 Å². The van der Waals surface area contributed by atoms with Gasteiger partial charge in [0.05, 0.1) is 18.7 Å². The number of amides is 3. The molecular weight excluding hydrogens is 298 g/mol. The number of nitrogens with two attached hydrogens (primary N) is 1. The van der Waals surface area contributed by atoms with E-state index in [0.717, 1.165) is 0 Å². The zero-order valence-corrected chi connectivity index (χ0v) is 12.2. The van der Waals surface area contributed by atoms with Gasteiger partial charge in [-0.25, -0.2) is 4.79 Å². The van der Waals surface area contributed by atoms with E-state index in [1.807, 2.05) is 0 Å². The third-order valence-electron chi connectivity index (χ3n) is 2.44. The van der Waals surface area contributed by atoms with E-state index in [4.69, 9.17) is 27.2 Å². The maximum absolute atomic E-state index is 11.4. The van der Waals surface area contributed by atoms with Crippen molar-refractivity contribution in [2.45, 2.75) is 12.8 Å². The molecule has 0 fully saturated rings. The minimum absolute atomic E-state index is 0.0314. The zero-order chi connectivity index (χ0) is 15.7. The van der Waals surface area contributed by atoms with Crippen LogP contribution in [0.25, 0.3) is 0 Å². The van der Waals surface area contributed by atoms with Crippen molar-refractivity contribution in [2.75, 3.05) is 25.1 Å². The highest BCUT2D eigenvalue weighted by Crippen LogP contribution is 2.27. The molecule has 1 rings (SSSR count). The van der Waals surface area contributed by atoms with E-state index in [1.54, 1.807) is 12.1 Å². The fourth-order valence-corrected chi connectivity index (χ4v) is 1.68. The summed E-state index contributed by atoms with van der Waals surface area (Å²) in [6.45, 7) is 0.592. The van der Waals surface area contributed by atoms with Crippen LogP contribution in [0.5, 0.6) is 5.75 Å². The molecule has 0 atom stereocenters. The Balaban J connectivity index is 2.47. The maximum atomic E-state index is 11.4. The molecule has 1 aromatic rings. The number of anilines is 1. The van der Waals surface area contributed by atoms with E-state index in [1.165, 1.54) is 6.07 Å². The number of carbonyl (C=O) groups is 2. The van der Waals surface area contributed by atoms with Gasteiger partial charge in [0.1, 0.15) is 5.75 Å². The van der Waals surface area contributed by atoms with Crippen molar-refractivity contribution in [3.63, 3.8) is 0 Å². The topological polar surface area (TPSA) is 114 Å². The Labute approximate surface area is 127 Å². The summed E-state index contributed by atoms with van der Waals surface area (Å²) in [5.41, 5.74) is 5.40. The van der Waals surface area contributed by atoms with Gasteiger partial charge in [0.15, 0.2) is 0 Å². The number of benzene rings is 1. The average Bonchev–Trinajstić information content (AvgIpc) is 2.41. The molecule has 0 spiro atoms. The lowest BCUT2D eigenvalue weighted by atomic mass is 10.3. The second-order valence-corrected chi connectivity index (χ2v) is 4.59. The minimum Gasteiger partial charge on any atom is -0.491 e. The number of nitrogens with one attached hydrogen (secondary N) is 2. The lowest BCUT2D eigenvalue weighted by Crippen LogP contribution is -2.26. The van der Waals surface area contributed by atoms with Crippen molar-refractivity contribution in [1.82, 2.24) is 5.32 Å². The molecule has 0 radical (unpaired) electrons. The molecule has 0 saturated heterocycles. The van der Waals surface area contributed by atoms with Gasteiger partial charge in [-0.05, 0) is 24.6 Å². The number of aliphatic hydroxyl groups excluding tert-OH is 1. The fraction of sp³-hybridized carbons (Fsp3) is 0.385. The largest absolute Gasteiger partial charge is 0.491 e. The van der Waals surface area contributed by atoms with E-state index in [2.05, 4.69) is 10.6 Å². The zero-order valence-electron chi connectivity index (χ0n) is 11.4. The summed E-state index contributed by atoms with van der Waals surface area (Å²) < 4.78 is 5.43. The van der Waals surface area contributed by atoms with Crippen molar-refractivity contribution in [3.05, 3.63) is 23.2 Å². The van der Waals surface area contributed by atoms with E-state index in [9.17, 15) is 9.59 Å². The Morgan fingerprint density at radius 1 is 1.38 bits per heavy atom. The first-order chi connectivity index (χ1) is 10.0. The molecular formula is C13H18ClN3O4. The van der Waals surface area contributed by atoms with Crippen LogP contribution in [0.3, 0.4) is 0 Å². The highest BCUT2D eigenvalue weighted by atomic mass is 35.5. The molecule has 1 aromatic carbocycles. The Bertz CT molecular complexity index is 496. The normalized spacial score (nSPS) is 10.0. The van der Waals surface area contributed by atoms with Crippen LogP contribution in [0, 0.1) is 0 Å². The van der Waals surface area contributed by atoms with E-state index in [0.29, 0.717) is 29.4 Å². The molecule has 0 heterocycles. The fourth-order valence-electron chi connectivity index (χ4n) is 1.51. The molecule has 0 bridgehead atoms. The summed E-state index contributed by atoms with van der Waals surface area (Å²) in [6, 6.07) is 3.95. The molecule has 7 nitrogen and oxygen atoms in total. The van der Waals surface area contributed by atoms with Crippen LogP contribution in [0.4, 0.5) is 10.5 Å². The summed E-state index contributed by atoms with van der Waals surface area (Å²) in [4.78, 5) is 22.3. The number of aliphatic hydroxyl groups is 1. The van der Waals surface area contributed by atoms with Gasteiger partial charge in [0.2, 0.25) is 5.91 Å². The Kier molecular flexibility index (Phi) is 7.34. The predicted octanol–water partition coefficient (Wildman–Crippen LogP) is 1.10. The number of hydrogen-bond acceptors (Lipinski definition) is 4. The first kappa shape index (κ1) is 17.1. The predicted molar refractivity (Wildman–Crippen MR) is 79.5 cm³/mol. The van der Waals surface area contributed by atoms with E-state index >= 15 is 0 Å². The van der Waals surface area contributed by atoms with E-state index < -0.39 is 6.03 Å². The van der Waals surface area contributed by atoms with Crippen molar-refractivity contribution in [3.8, 4) is 5.75 Å². The minimum atomic E-state index is -0.733. The molecule has 0 unspecified atom stereocenters. The second-order valence-electron chi connectivity index (χ2n) is 4.16. The molecule has 5 N–H and O–H groups in total. The van der Waals surface area contributed by atoms with Gasteiger partial charge < -0.3 is 26.2 Å². The SMILES string of the molecule is NC(=O)Nc1cc(Cl)ccc1OCCC(=O)NCCCO. The third kappa shape index (κ3) is 6.82. The second kappa shape index (κ2) is 9.04. The van der Waals surface area contributed by atoms with Gasteiger partial charge in [-0.2, -0.15) is 0 Å². The number of carbonyl (C=O) groups excluding carboxylic acids is 2. The van der Waals surface area contributed by atoms with Crippen LogP contribution in [0.2, 0.25) is 5.02 Å². The Morgan fingerprint density at radius 3 is 2.81 bits per heavy atom. The number of rotatable bonds is 8. The van der Waals surface area contributed by atoms with Crippen LogP contribution in [-0.4, -0.2) is 36.8 Å². The number of primary amides is 1. The smallest absolute Gasteiger partial charge is 0.316 e. The first-order valence-corrected chi connectivity index (χ1v) is 6.77. The summed E-state index contributed by atoms with van der Waals surface area (Å²) in [5, 5.41) is 14.1. The highest BCUT2D eigenvalue weighted by Gasteiger charge is 2.08. The summed E-state index contributed by atoms with van der Waals surface area (Å²) in [6.07, 6.45) is 0.667. The maximum Gasteiger partial charge on any atom is 0.316 e. The molecule has 0 aliphatic heterocycles. The highest BCUT2D eigenvalue weighted by molar-refractivity contribution is 6.31. The van der Waals surface area contributed by atoms with Gasteiger partial charge in [-0.3, -0.25) is 4.79 Å². The van der Waals surface area contributed by atoms with Crippen molar-refractivity contribution < 1.29 is 19.4 Å². The monoisotopic (exact) mass is 315 g/mol. The lowest BCUT2D eigenvalue weighted by molar-refractivity contribution is -0.121. The van der Waals surface area contributed by atoms with Gasteiger partial charge in [-0.15, -0.1) is 0 Å². The van der Waals surface area contributed by atoms with Crippen LogP contribution < -0.4 is 21.1 Å². The van der Waals surface area contributed by atoms with Crippen LogP contribution in [-0.2, 0) is 4.79 Å². The van der Waals surface area contributed by atoms with Crippen LogP contribution in [0.15, 0.2) is 18.2 Å². The van der Waals surface area contributed by atoms with Crippen molar-refractivity contribution >= 4 is 29.2 Å². The van der Waals surface area contributed by atoms with Crippen molar-refractivity contribution in [1.29, 1.82) is 0 Å². The van der Waals surface area contributed by atoms with Gasteiger partial charge >= 0.3 is 6.03 Å². The standard InChI is InChI=1S/C13H18ClN3O4/c14-9-2-3-11(10(8-9)17-13(15)20)21-7-4-12(19)16-5-1-6-18/h2-3,8,18H,1,4-7H2,(H,16,19)(H3,15,17,20). The quantitative estimate of drug-likeness (QED) is 0.538.